The number of carbonyl (C=O) groups is 1. The van der Waals surface area contributed by atoms with Gasteiger partial charge in [-0.3, -0.25) is 0 Å². The largest absolute Gasteiger partial charge is 0.435 e. The summed E-state index contributed by atoms with van der Waals surface area (Å²) in [6.07, 6.45) is 0. The Morgan fingerprint density at radius 1 is 1.78 bits per heavy atom. The molecule has 0 aliphatic rings. The summed E-state index contributed by atoms with van der Waals surface area (Å²) < 4.78 is 4.12. The number of carbonyl (C=O) groups excluding carboxylic acids is 1. The van der Waals surface area contributed by atoms with Crippen LogP contribution in [0.5, 0.6) is 0 Å². The van der Waals surface area contributed by atoms with Crippen molar-refractivity contribution in [3.05, 3.63) is 12.2 Å². The molecule has 0 saturated carbocycles. The molecule has 0 amide bonds. The molecule has 0 fully saturated rings. The van der Waals surface area contributed by atoms with Crippen LogP contribution in [0.4, 0.5) is 0 Å². The molecule has 9 heavy (non-hydrogen) atoms. The normalized spacial score (nSPS) is 7.33. The maximum Gasteiger partial charge on any atom is 0.335 e. The number of rotatable bonds is 2. The van der Waals surface area contributed by atoms with Gasteiger partial charge in [0.25, 0.3) is 0 Å². The van der Waals surface area contributed by atoms with Crippen LogP contribution in [0.2, 0.25) is 0 Å². The molecule has 0 aromatic rings. The van der Waals surface area contributed by atoms with Crippen LogP contribution in [0.25, 0.3) is 0 Å². The fraction of sp³-hybridized carbons (Fsp3) is 0.400. The van der Waals surface area contributed by atoms with Crippen LogP contribution in [0, 0.1) is 0 Å². The molecule has 0 saturated heterocycles. The van der Waals surface area contributed by atoms with Gasteiger partial charge < -0.3 is 9.84 Å². The van der Waals surface area contributed by atoms with Crippen molar-refractivity contribution in [2.24, 2.45) is 0 Å². The average molecular weight is 167 g/mol. The van der Waals surface area contributed by atoms with E-state index in [0.29, 0.717) is 5.57 Å². The van der Waals surface area contributed by atoms with Crippen molar-refractivity contribution in [2.45, 2.75) is 6.92 Å². The number of hydrogen-bond acceptors (Lipinski definition) is 3. The van der Waals surface area contributed by atoms with Gasteiger partial charge in [0.05, 0.1) is 0 Å². The zero-order valence-corrected chi connectivity index (χ0v) is 6.52. The van der Waals surface area contributed by atoms with Crippen LogP contribution in [-0.2, 0) is 28.1 Å². The monoisotopic (exact) mass is 167 g/mol. The number of aliphatic hydroxyl groups excluding tert-OH is 1. The molecule has 0 heterocycles. The predicted molar refractivity (Wildman–Crippen MR) is 28.0 cm³/mol. The van der Waals surface area contributed by atoms with E-state index >= 15 is 0 Å². The summed E-state index contributed by atoms with van der Waals surface area (Å²) in [5, 5.41) is 8.00. The van der Waals surface area contributed by atoms with Gasteiger partial charge in [0.15, 0.2) is 6.79 Å². The van der Waals surface area contributed by atoms with E-state index in [-0.39, 0.29) is 18.6 Å². The van der Waals surface area contributed by atoms with Crippen molar-refractivity contribution in [3.8, 4) is 0 Å². The number of aliphatic hydroxyl groups is 1. The maximum absolute atomic E-state index is 10.3. The topological polar surface area (TPSA) is 46.5 Å². The first kappa shape index (κ1) is 11.5. The zero-order valence-electron chi connectivity index (χ0n) is 5.13. The summed E-state index contributed by atoms with van der Waals surface area (Å²) in [5.74, 6) is -0.562. The molecule has 3 nitrogen and oxygen atoms in total. The van der Waals surface area contributed by atoms with Crippen molar-refractivity contribution in [1.82, 2.24) is 0 Å². The van der Waals surface area contributed by atoms with Crippen molar-refractivity contribution >= 4 is 5.97 Å². The predicted octanol–water partition coefficient (Wildman–Crippen LogP) is 0.0530. The molecular formula is C5H8O3V. The molecule has 0 bridgehead atoms. The smallest absolute Gasteiger partial charge is 0.335 e. The number of hydrogen-bond donors (Lipinski definition) is 1. The molecule has 0 aliphatic heterocycles. The SMILES string of the molecule is C=C(C)C(=O)OCO.[V]. The molecular weight excluding hydrogens is 159 g/mol. The number of ether oxygens (including phenoxy) is 1. The van der Waals surface area contributed by atoms with Crippen molar-refractivity contribution in [2.75, 3.05) is 6.79 Å². The van der Waals surface area contributed by atoms with Gasteiger partial charge in [-0.15, -0.1) is 0 Å². The minimum Gasteiger partial charge on any atom is -0.435 e. The van der Waals surface area contributed by atoms with Gasteiger partial charge >= 0.3 is 5.97 Å². The van der Waals surface area contributed by atoms with Gasteiger partial charge in [-0.05, 0) is 6.92 Å². The molecule has 1 radical (unpaired) electrons. The van der Waals surface area contributed by atoms with Crippen molar-refractivity contribution in [3.63, 3.8) is 0 Å². The molecule has 51 valence electrons. The second kappa shape index (κ2) is 5.88. The summed E-state index contributed by atoms with van der Waals surface area (Å²) in [6, 6.07) is 0. The van der Waals surface area contributed by atoms with Gasteiger partial charge in [-0.25, -0.2) is 4.79 Å². The first-order valence-electron chi connectivity index (χ1n) is 2.12. The Morgan fingerprint density at radius 2 is 2.22 bits per heavy atom. The van der Waals surface area contributed by atoms with Crippen LogP contribution < -0.4 is 0 Å². The van der Waals surface area contributed by atoms with Gasteiger partial charge in [-0.1, -0.05) is 6.58 Å². The third-order valence-electron chi connectivity index (χ3n) is 0.544. The Morgan fingerprint density at radius 3 is 2.33 bits per heavy atom. The van der Waals surface area contributed by atoms with Gasteiger partial charge in [0.2, 0.25) is 0 Å². The molecule has 0 aromatic carbocycles. The maximum atomic E-state index is 10.3. The first-order chi connectivity index (χ1) is 3.68. The quantitative estimate of drug-likeness (QED) is 0.359. The van der Waals surface area contributed by atoms with Gasteiger partial charge in [-0.2, -0.15) is 0 Å². The minimum atomic E-state index is -0.578. The molecule has 0 atom stereocenters. The van der Waals surface area contributed by atoms with Crippen LogP contribution in [0.1, 0.15) is 6.92 Å². The molecule has 0 aliphatic carbocycles. The van der Waals surface area contributed by atoms with E-state index in [1.807, 2.05) is 0 Å². The fourth-order valence-corrected chi connectivity index (χ4v) is 0.182. The molecule has 0 unspecified atom stereocenters. The Labute approximate surface area is 65.6 Å². The minimum absolute atomic E-state index is 0. The Bertz CT molecular complexity index is 111. The third kappa shape index (κ3) is 5.63. The molecule has 1 N–H and O–H groups in total. The number of esters is 1. The summed E-state index contributed by atoms with van der Waals surface area (Å²) in [7, 11) is 0. The standard InChI is InChI=1S/C5H8O3.V/c1-4(2)5(7)8-3-6;/h6H,1,3H2,2H3;. The van der Waals surface area contributed by atoms with E-state index in [4.69, 9.17) is 5.11 Å². The first-order valence-corrected chi connectivity index (χ1v) is 2.12. The zero-order chi connectivity index (χ0) is 6.57. The molecule has 0 rings (SSSR count). The molecule has 4 heteroatoms. The third-order valence-corrected chi connectivity index (χ3v) is 0.544. The van der Waals surface area contributed by atoms with Crippen LogP contribution >= 0.6 is 0 Å². The summed E-state index contributed by atoms with van der Waals surface area (Å²) in [5.41, 5.74) is 0.291. The molecule has 0 aromatic heterocycles. The van der Waals surface area contributed by atoms with Crippen LogP contribution in [0.15, 0.2) is 12.2 Å². The van der Waals surface area contributed by atoms with Gasteiger partial charge in [0.1, 0.15) is 0 Å². The Hall–Kier alpha value is -0.246. The Kier molecular flexibility index (Phi) is 7.54. The Balaban J connectivity index is 0. The van der Waals surface area contributed by atoms with Crippen LogP contribution in [-0.4, -0.2) is 17.9 Å². The van der Waals surface area contributed by atoms with E-state index < -0.39 is 12.8 Å². The summed E-state index contributed by atoms with van der Waals surface area (Å²) in [6.45, 7) is 4.22. The van der Waals surface area contributed by atoms with Crippen molar-refractivity contribution in [1.29, 1.82) is 0 Å². The van der Waals surface area contributed by atoms with E-state index in [2.05, 4.69) is 11.3 Å². The summed E-state index contributed by atoms with van der Waals surface area (Å²) in [4.78, 5) is 10.3. The van der Waals surface area contributed by atoms with Gasteiger partial charge in [0, 0.05) is 24.1 Å². The van der Waals surface area contributed by atoms with Crippen molar-refractivity contribution < 1.29 is 33.2 Å². The second-order valence-electron chi connectivity index (χ2n) is 1.34. The average Bonchev–Trinajstić information content (AvgIpc) is 1.67. The van der Waals surface area contributed by atoms with E-state index in [1.54, 1.807) is 0 Å². The van der Waals surface area contributed by atoms with E-state index in [9.17, 15) is 4.79 Å². The van der Waals surface area contributed by atoms with E-state index in [0.717, 1.165) is 0 Å². The fourth-order valence-electron chi connectivity index (χ4n) is 0.182. The summed E-state index contributed by atoms with van der Waals surface area (Å²) >= 11 is 0. The molecule has 0 spiro atoms. The van der Waals surface area contributed by atoms with Crippen LogP contribution in [0.3, 0.4) is 0 Å². The van der Waals surface area contributed by atoms with E-state index in [1.165, 1.54) is 6.92 Å². The second-order valence-corrected chi connectivity index (χ2v) is 1.34.